The molecule has 0 aliphatic carbocycles. The molecule has 4 aliphatic heterocycles. The Labute approximate surface area is 286 Å². The monoisotopic (exact) mass is 666 g/mol. The number of amides is 1. The van der Waals surface area contributed by atoms with Crippen molar-refractivity contribution in [2.75, 3.05) is 46.2 Å². The van der Waals surface area contributed by atoms with Crippen LogP contribution in [0.4, 0.5) is 27.8 Å². The Morgan fingerprint density at radius 1 is 0.787 bits per heavy atom. The summed E-state index contributed by atoms with van der Waals surface area (Å²) in [6, 6.07) is 30.1. The van der Waals surface area contributed by atoms with Gasteiger partial charge in [0.2, 0.25) is 0 Å². The molecule has 1 N–H and O–H groups in total. The number of hydrogen-bond donors (Lipinski definition) is 1. The van der Waals surface area contributed by atoms with Gasteiger partial charge in [-0.2, -0.15) is 0 Å². The van der Waals surface area contributed by atoms with Crippen molar-refractivity contribution in [2.45, 2.75) is 72.9 Å². The molecule has 10 heteroatoms. The summed E-state index contributed by atoms with van der Waals surface area (Å²) in [5.41, 5.74) is 4.37. The Hall–Kier alpha value is -3.89. The van der Waals surface area contributed by atoms with Crippen LogP contribution in [0.5, 0.6) is 0 Å². The number of rotatable bonds is 6. The van der Waals surface area contributed by atoms with Crippen molar-refractivity contribution >= 4 is 52.6 Å². The summed E-state index contributed by atoms with van der Waals surface area (Å²) in [5, 5.41) is 5.59. The Morgan fingerprint density at radius 3 is 2.04 bits per heavy atom. The molecule has 8 rings (SSSR count). The highest BCUT2D eigenvalue weighted by Gasteiger charge is 2.42. The molecule has 8 nitrogen and oxygen atoms in total. The van der Waals surface area contributed by atoms with E-state index in [-0.39, 0.29) is 12.1 Å². The molecule has 244 valence electrons. The van der Waals surface area contributed by atoms with E-state index >= 15 is 0 Å². The molecule has 2 atom stereocenters. The minimum Gasteiger partial charge on any atom is -0.443 e. The number of nitrogens with one attached hydrogen (secondary N) is 1. The van der Waals surface area contributed by atoms with Gasteiger partial charge in [-0.1, -0.05) is 60.7 Å². The van der Waals surface area contributed by atoms with Crippen LogP contribution in [0.2, 0.25) is 0 Å². The van der Waals surface area contributed by atoms with E-state index in [1.165, 1.54) is 23.2 Å². The van der Waals surface area contributed by atoms with Crippen LogP contribution < -0.4 is 20.0 Å². The summed E-state index contributed by atoms with van der Waals surface area (Å²) >= 11 is 3.49. The van der Waals surface area contributed by atoms with Crippen molar-refractivity contribution in [3.05, 3.63) is 96.1 Å². The van der Waals surface area contributed by atoms with Gasteiger partial charge < -0.3 is 19.9 Å². The van der Waals surface area contributed by atoms with Crippen LogP contribution in [0.1, 0.15) is 44.7 Å². The molecule has 0 saturated carbocycles. The van der Waals surface area contributed by atoms with Gasteiger partial charge in [-0.25, -0.2) is 14.8 Å². The summed E-state index contributed by atoms with van der Waals surface area (Å²) in [5.74, 6) is 3.62. The number of ether oxygens (including phenoxy) is 1. The van der Waals surface area contributed by atoms with Crippen molar-refractivity contribution in [1.29, 1.82) is 0 Å². The number of carbonyl (C=O) groups is 1. The van der Waals surface area contributed by atoms with Gasteiger partial charge in [-0.15, -0.1) is 23.5 Å². The van der Waals surface area contributed by atoms with Crippen LogP contribution in [-0.2, 0) is 16.2 Å². The molecule has 4 bridgehead atoms. The third-order valence-electron chi connectivity index (χ3n) is 8.69. The van der Waals surface area contributed by atoms with Crippen molar-refractivity contribution < 1.29 is 9.53 Å². The van der Waals surface area contributed by atoms with Gasteiger partial charge >= 0.3 is 6.09 Å². The second-order valence-corrected chi connectivity index (χ2v) is 15.4. The molecule has 2 fully saturated rings. The van der Waals surface area contributed by atoms with E-state index in [9.17, 15) is 4.79 Å². The number of aromatic nitrogens is 2. The first-order valence-corrected chi connectivity index (χ1v) is 18.4. The maximum absolute atomic E-state index is 12.9. The Bertz CT molecular complexity index is 1700. The smallest absolute Gasteiger partial charge is 0.416 e. The van der Waals surface area contributed by atoms with Crippen LogP contribution in [0.3, 0.4) is 0 Å². The van der Waals surface area contributed by atoms with Gasteiger partial charge in [0, 0.05) is 43.7 Å². The molecule has 2 aromatic heterocycles. The summed E-state index contributed by atoms with van der Waals surface area (Å²) in [6.45, 7) is 9.79. The quantitative estimate of drug-likeness (QED) is 0.206. The van der Waals surface area contributed by atoms with E-state index in [0.717, 1.165) is 71.5 Å². The third-order valence-corrected chi connectivity index (χ3v) is 10.7. The molecule has 4 aromatic rings. The molecular formula is C37H42N6O2S2. The number of thioether (sulfide) groups is 2. The van der Waals surface area contributed by atoms with Crippen LogP contribution in [0.15, 0.2) is 95.0 Å². The number of fused-ring (bicyclic) bond motifs is 8. The Balaban J connectivity index is 0.000000156. The number of carbonyl (C=O) groups excluding carboxylic acids is 1. The first kappa shape index (κ1) is 31.7. The fraction of sp³-hybridized carbons (Fsp3) is 0.378. The molecular weight excluding hydrogens is 625 g/mol. The summed E-state index contributed by atoms with van der Waals surface area (Å²) in [6.07, 6.45) is 1.87. The van der Waals surface area contributed by atoms with E-state index in [0.29, 0.717) is 6.04 Å². The average molecular weight is 667 g/mol. The van der Waals surface area contributed by atoms with Gasteiger partial charge in [0.25, 0.3) is 0 Å². The van der Waals surface area contributed by atoms with Gasteiger partial charge in [0.15, 0.2) is 11.6 Å². The molecule has 6 heterocycles. The van der Waals surface area contributed by atoms with Crippen LogP contribution in [-0.4, -0.2) is 59.9 Å². The summed E-state index contributed by atoms with van der Waals surface area (Å²) in [7, 11) is 0. The minimum atomic E-state index is -0.521. The molecule has 47 heavy (non-hydrogen) atoms. The highest BCUT2D eigenvalue weighted by Crippen LogP contribution is 2.41. The van der Waals surface area contributed by atoms with Crippen molar-refractivity contribution in [2.24, 2.45) is 0 Å². The standard InChI is InChI=1S/C21H25N3O2S.C16H17N3S/c1-21(2,3)26-20(25)24-16-11-12-23(13-16)17-9-10-18(22-19(17)24)27-14-15-7-5-4-6-8-15;1-2-4-12(5-3-1)11-20-15-7-6-14-16(18-15)17-13-8-9-19(14)10-13/h4-10,16H,11-14H2,1-3H3;1-7,13H,8-11H2,(H,17,18)/t16-;13-/m00/s1. The highest BCUT2D eigenvalue weighted by atomic mass is 32.2. The second-order valence-electron chi connectivity index (χ2n) is 13.4. The third kappa shape index (κ3) is 7.49. The van der Waals surface area contributed by atoms with Crippen molar-refractivity contribution in [3.63, 3.8) is 0 Å². The lowest BCUT2D eigenvalue weighted by Gasteiger charge is -2.36. The van der Waals surface area contributed by atoms with Crippen molar-refractivity contribution in [1.82, 2.24) is 9.97 Å². The first-order valence-electron chi connectivity index (χ1n) is 16.4. The minimum absolute atomic E-state index is 0.134. The fourth-order valence-corrected chi connectivity index (χ4v) is 8.10. The maximum atomic E-state index is 12.9. The average Bonchev–Trinajstić information content (AvgIpc) is 3.67. The molecule has 1 amide bonds. The van der Waals surface area contributed by atoms with Crippen LogP contribution >= 0.6 is 23.5 Å². The first-order chi connectivity index (χ1) is 22.8. The Morgan fingerprint density at radius 2 is 1.38 bits per heavy atom. The lowest BCUT2D eigenvalue weighted by Crippen LogP contribution is -2.48. The summed E-state index contributed by atoms with van der Waals surface area (Å²) in [4.78, 5) is 29.1. The van der Waals surface area contributed by atoms with E-state index < -0.39 is 5.60 Å². The predicted octanol–water partition coefficient (Wildman–Crippen LogP) is 8.09. The van der Waals surface area contributed by atoms with Gasteiger partial charge in [-0.3, -0.25) is 4.90 Å². The van der Waals surface area contributed by atoms with Crippen LogP contribution in [0.25, 0.3) is 0 Å². The van der Waals surface area contributed by atoms with E-state index in [2.05, 4.69) is 81.8 Å². The fourth-order valence-electron chi connectivity index (χ4n) is 6.45. The maximum Gasteiger partial charge on any atom is 0.416 e. The molecule has 2 aromatic carbocycles. The van der Waals surface area contributed by atoms with Crippen molar-refractivity contribution in [3.8, 4) is 0 Å². The zero-order valence-electron chi connectivity index (χ0n) is 27.3. The lowest BCUT2D eigenvalue weighted by atomic mass is 10.2. The SMILES string of the molecule is CC(C)(C)OC(=O)N1c2nc(SCc3ccccc3)ccc2N2CC[C@H]1C2.c1ccc(CSc2ccc3c(n2)N[C@H]2CCN3C2)cc1. The highest BCUT2D eigenvalue weighted by molar-refractivity contribution is 7.98. The topological polar surface area (TPSA) is 73.8 Å². The molecule has 2 saturated heterocycles. The van der Waals surface area contributed by atoms with Gasteiger partial charge in [-0.05, 0) is 69.0 Å². The normalized spacial score (nSPS) is 18.9. The van der Waals surface area contributed by atoms with E-state index in [4.69, 9.17) is 14.7 Å². The number of hydrogen-bond acceptors (Lipinski definition) is 9. The van der Waals surface area contributed by atoms with Gasteiger partial charge in [0.05, 0.1) is 27.5 Å². The Kier molecular flexibility index (Phi) is 9.23. The number of nitrogens with zero attached hydrogens (tertiary/aromatic N) is 5. The molecule has 0 radical (unpaired) electrons. The predicted molar refractivity (Wildman–Crippen MR) is 194 cm³/mol. The second kappa shape index (κ2) is 13.7. The van der Waals surface area contributed by atoms with Gasteiger partial charge in [0.1, 0.15) is 5.60 Å². The number of pyridine rings is 2. The molecule has 4 aliphatic rings. The zero-order valence-corrected chi connectivity index (χ0v) is 28.9. The van der Waals surface area contributed by atoms with E-state index in [1.54, 1.807) is 28.4 Å². The molecule has 0 spiro atoms. The zero-order chi connectivity index (χ0) is 32.4. The largest absolute Gasteiger partial charge is 0.443 e. The number of benzene rings is 2. The number of anilines is 4. The van der Waals surface area contributed by atoms with Crippen LogP contribution in [0, 0.1) is 0 Å². The van der Waals surface area contributed by atoms with E-state index in [1.807, 2.05) is 39.0 Å². The summed E-state index contributed by atoms with van der Waals surface area (Å²) < 4.78 is 5.68. The lowest BCUT2D eigenvalue weighted by molar-refractivity contribution is 0.0565. The molecule has 0 unspecified atom stereocenters.